The molecule has 1 aromatic rings. The number of carbonyl (C=O) groups excluding carboxylic acids is 1. The molecule has 0 unspecified atom stereocenters. The maximum Gasteiger partial charge on any atom is 0.332 e. The molecule has 0 heterocycles. The van der Waals surface area contributed by atoms with Crippen LogP contribution in [0.1, 0.15) is 12.5 Å². The summed E-state index contributed by atoms with van der Waals surface area (Å²) in [6.45, 7) is 2.11. The highest BCUT2D eigenvalue weighted by Gasteiger charge is 2.01. The molecule has 0 bridgehead atoms. The third-order valence-corrected chi connectivity index (χ3v) is 2.46. The van der Waals surface area contributed by atoms with Crippen LogP contribution in [-0.4, -0.2) is 12.6 Å². The summed E-state index contributed by atoms with van der Waals surface area (Å²) in [6.07, 6.45) is 1.30. The average molecular weight is 317 g/mol. The van der Waals surface area contributed by atoms with Gasteiger partial charge in [0.05, 0.1) is 6.61 Å². The van der Waals surface area contributed by atoms with Crippen LogP contribution in [0.4, 0.5) is 0 Å². The lowest BCUT2D eigenvalue weighted by Crippen LogP contribution is -2.05. The highest BCUT2D eigenvalue weighted by molar-refractivity contribution is 14.1. The summed E-state index contributed by atoms with van der Waals surface area (Å²) in [5, 5.41) is 0. The minimum absolute atomic E-state index is 0.356. The topological polar surface area (TPSA) is 52.3 Å². The molecule has 0 aliphatic heterocycles. The van der Waals surface area contributed by atoms with Gasteiger partial charge in [0.1, 0.15) is 0 Å². The van der Waals surface area contributed by atoms with Crippen molar-refractivity contribution in [1.29, 1.82) is 0 Å². The van der Waals surface area contributed by atoms with Gasteiger partial charge in [-0.3, -0.25) is 0 Å². The molecular formula is C11H12INO2. The van der Waals surface area contributed by atoms with Gasteiger partial charge in [0.15, 0.2) is 0 Å². The molecule has 2 N–H and O–H groups in total. The fourth-order valence-electron chi connectivity index (χ4n) is 1.04. The second-order valence-electron chi connectivity index (χ2n) is 2.86. The molecule has 4 heteroatoms. The molecule has 0 fully saturated rings. The molecule has 3 nitrogen and oxygen atoms in total. The van der Waals surface area contributed by atoms with E-state index in [4.69, 9.17) is 10.5 Å². The molecule has 0 aliphatic carbocycles. The summed E-state index contributed by atoms with van der Waals surface area (Å²) in [6, 6.07) is 7.60. The van der Waals surface area contributed by atoms with Gasteiger partial charge in [0, 0.05) is 15.3 Å². The number of benzene rings is 1. The van der Waals surface area contributed by atoms with Gasteiger partial charge < -0.3 is 10.5 Å². The Kier molecular flexibility index (Phi) is 4.61. The first kappa shape index (κ1) is 12.0. The highest BCUT2D eigenvalue weighted by Crippen LogP contribution is 2.11. The van der Waals surface area contributed by atoms with Crippen LogP contribution in [0.2, 0.25) is 0 Å². The van der Waals surface area contributed by atoms with Gasteiger partial charge in [-0.2, -0.15) is 0 Å². The zero-order valence-electron chi connectivity index (χ0n) is 8.37. The van der Waals surface area contributed by atoms with E-state index in [-0.39, 0.29) is 0 Å². The standard InChI is InChI=1S/C11H12INO2/c1-2-15-11(14)7-10(13)8-3-5-9(12)6-4-8/h3-7H,2,13H2,1H3. The van der Waals surface area contributed by atoms with Crippen molar-refractivity contribution in [3.05, 3.63) is 39.5 Å². The third kappa shape index (κ3) is 3.91. The molecule has 0 saturated carbocycles. The van der Waals surface area contributed by atoms with Crippen molar-refractivity contribution in [2.24, 2.45) is 5.73 Å². The molecule has 1 aromatic carbocycles. The molecule has 0 amide bonds. The Morgan fingerprint density at radius 3 is 2.60 bits per heavy atom. The predicted molar refractivity (Wildman–Crippen MR) is 68.0 cm³/mol. The van der Waals surface area contributed by atoms with E-state index in [1.54, 1.807) is 6.92 Å². The van der Waals surface area contributed by atoms with Crippen LogP contribution >= 0.6 is 22.6 Å². The zero-order chi connectivity index (χ0) is 11.3. The maximum absolute atomic E-state index is 11.1. The second kappa shape index (κ2) is 5.75. The summed E-state index contributed by atoms with van der Waals surface area (Å²) in [4.78, 5) is 11.1. The Balaban J connectivity index is 2.79. The smallest absolute Gasteiger partial charge is 0.332 e. The summed E-state index contributed by atoms with van der Waals surface area (Å²) in [7, 11) is 0. The van der Waals surface area contributed by atoms with E-state index in [0.717, 1.165) is 9.13 Å². The first-order chi connectivity index (χ1) is 7.13. The number of hydrogen-bond acceptors (Lipinski definition) is 3. The van der Waals surface area contributed by atoms with Gasteiger partial charge in [-0.05, 0) is 47.2 Å². The van der Waals surface area contributed by atoms with Crippen LogP contribution in [0.5, 0.6) is 0 Å². The highest BCUT2D eigenvalue weighted by atomic mass is 127. The first-order valence-corrected chi connectivity index (χ1v) is 5.61. The van der Waals surface area contributed by atoms with Crippen molar-refractivity contribution in [1.82, 2.24) is 0 Å². The molecule has 0 aromatic heterocycles. The fourth-order valence-corrected chi connectivity index (χ4v) is 1.40. The summed E-state index contributed by atoms with van der Waals surface area (Å²) >= 11 is 2.21. The number of carbonyl (C=O) groups is 1. The minimum atomic E-state index is -0.409. The van der Waals surface area contributed by atoms with Gasteiger partial charge in [0.25, 0.3) is 0 Å². The first-order valence-electron chi connectivity index (χ1n) is 4.53. The van der Waals surface area contributed by atoms with Crippen LogP contribution in [0, 0.1) is 3.57 Å². The third-order valence-electron chi connectivity index (χ3n) is 1.74. The molecule has 0 aliphatic rings. The lowest BCUT2D eigenvalue weighted by Gasteiger charge is -2.02. The Labute approximate surface area is 102 Å². The predicted octanol–water partition coefficient (Wildman–Crippen LogP) is 2.15. The van der Waals surface area contributed by atoms with Gasteiger partial charge in [0.2, 0.25) is 0 Å². The number of halogens is 1. The molecule has 0 saturated heterocycles. The van der Waals surface area contributed by atoms with Gasteiger partial charge in [-0.25, -0.2) is 4.79 Å². The molecule has 0 radical (unpaired) electrons. The summed E-state index contributed by atoms with van der Waals surface area (Å²) in [5.41, 5.74) is 6.98. The van der Waals surface area contributed by atoms with Crippen LogP contribution in [0.25, 0.3) is 5.70 Å². The Hall–Kier alpha value is -1.04. The van der Waals surface area contributed by atoms with Gasteiger partial charge >= 0.3 is 5.97 Å². The largest absolute Gasteiger partial charge is 0.463 e. The SMILES string of the molecule is CCOC(=O)C=C(N)c1ccc(I)cc1. The van der Waals surface area contributed by atoms with E-state index < -0.39 is 5.97 Å². The van der Waals surface area contributed by atoms with E-state index in [9.17, 15) is 4.79 Å². The van der Waals surface area contributed by atoms with Gasteiger partial charge in [-0.15, -0.1) is 0 Å². The Bertz CT molecular complexity index is 371. The molecule has 15 heavy (non-hydrogen) atoms. The fraction of sp³-hybridized carbons (Fsp3) is 0.182. The number of rotatable bonds is 3. The average Bonchev–Trinajstić information content (AvgIpc) is 2.18. The van der Waals surface area contributed by atoms with E-state index in [2.05, 4.69) is 22.6 Å². The Morgan fingerprint density at radius 2 is 2.07 bits per heavy atom. The van der Waals surface area contributed by atoms with Crippen LogP contribution in [0.15, 0.2) is 30.3 Å². The number of esters is 1. The van der Waals surface area contributed by atoms with E-state index >= 15 is 0 Å². The van der Waals surface area contributed by atoms with E-state index in [1.165, 1.54) is 6.08 Å². The maximum atomic E-state index is 11.1. The molecule has 0 atom stereocenters. The minimum Gasteiger partial charge on any atom is -0.463 e. The van der Waals surface area contributed by atoms with Crippen molar-refractivity contribution in [3.63, 3.8) is 0 Å². The quantitative estimate of drug-likeness (QED) is 0.528. The van der Waals surface area contributed by atoms with Crippen molar-refractivity contribution in [2.75, 3.05) is 6.61 Å². The van der Waals surface area contributed by atoms with Crippen LogP contribution in [0.3, 0.4) is 0 Å². The van der Waals surface area contributed by atoms with Crippen LogP contribution in [-0.2, 0) is 9.53 Å². The molecule has 0 spiro atoms. The van der Waals surface area contributed by atoms with Crippen molar-refractivity contribution in [3.8, 4) is 0 Å². The summed E-state index contributed by atoms with van der Waals surface area (Å²) < 4.78 is 5.89. The number of nitrogens with two attached hydrogens (primary N) is 1. The molecule has 80 valence electrons. The van der Waals surface area contributed by atoms with E-state index in [1.807, 2.05) is 24.3 Å². The van der Waals surface area contributed by atoms with Crippen molar-refractivity contribution in [2.45, 2.75) is 6.92 Å². The number of hydrogen-bond donors (Lipinski definition) is 1. The zero-order valence-corrected chi connectivity index (χ0v) is 10.5. The van der Waals surface area contributed by atoms with Crippen molar-refractivity contribution < 1.29 is 9.53 Å². The monoisotopic (exact) mass is 317 g/mol. The second-order valence-corrected chi connectivity index (χ2v) is 4.10. The number of ether oxygens (including phenoxy) is 1. The molecular weight excluding hydrogens is 305 g/mol. The van der Waals surface area contributed by atoms with Crippen molar-refractivity contribution >= 4 is 34.3 Å². The lowest BCUT2D eigenvalue weighted by molar-refractivity contribution is -0.137. The summed E-state index contributed by atoms with van der Waals surface area (Å²) in [5.74, 6) is -0.409. The Morgan fingerprint density at radius 1 is 1.47 bits per heavy atom. The molecule has 1 rings (SSSR count). The lowest BCUT2D eigenvalue weighted by atomic mass is 10.1. The normalized spacial score (nSPS) is 11.2. The van der Waals surface area contributed by atoms with Gasteiger partial charge in [-0.1, -0.05) is 12.1 Å². The van der Waals surface area contributed by atoms with Crippen LogP contribution < -0.4 is 5.73 Å². The van der Waals surface area contributed by atoms with E-state index in [0.29, 0.717) is 12.3 Å².